The molecule has 0 radical (unpaired) electrons. The zero-order valence-corrected chi connectivity index (χ0v) is 9.38. The average molecular weight is 202 g/mol. The molecule has 0 rings (SSSR count). The Morgan fingerprint density at radius 1 is 1.50 bits per heavy atom. The second kappa shape index (κ2) is 7.76. The monoisotopic (exact) mass is 202 g/mol. The fourth-order valence-corrected chi connectivity index (χ4v) is 1.12. The highest BCUT2D eigenvalue weighted by Gasteiger charge is 2.15. The third-order valence-corrected chi connectivity index (χ3v) is 2.11. The lowest BCUT2D eigenvalue weighted by atomic mass is 10.1. The van der Waals surface area contributed by atoms with E-state index in [1.165, 1.54) is 0 Å². The lowest BCUT2D eigenvalue weighted by molar-refractivity contribution is -0.122. The lowest BCUT2D eigenvalue weighted by Crippen LogP contribution is -2.41. The number of carbonyl (C=O) groups is 1. The fourth-order valence-electron chi connectivity index (χ4n) is 1.12. The van der Waals surface area contributed by atoms with E-state index in [0.717, 1.165) is 6.42 Å². The van der Waals surface area contributed by atoms with Crippen molar-refractivity contribution in [3.05, 3.63) is 0 Å². The van der Waals surface area contributed by atoms with Gasteiger partial charge in [-0.2, -0.15) is 0 Å². The second-order valence-electron chi connectivity index (χ2n) is 3.77. The van der Waals surface area contributed by atoms with E-state index in [0.29, 0.717) is 25.5 Å². The van der Waals surface area contributed by atoms with E-state index in [-0.39, 0.29) is 11.9 Å². The molecule has 14 heavy (non-hydrogen) atoms. The summed E-state index contributed by atoms with van der Waals surface area (Å²) in [7, 11) is 1.64. The van der Waals surface area contributed by atoms with E-state index in [2.05, 4.69) is 19.2 Å². The molecule has 4 heteroatoms. The first-order chi connectivity index (χ1) is 6.61. The summed E-state index contributed by atoms with van der Waals surface area (Å²) in [5, 5.41) is 2.93. The van der Waals surface area contributed by atoms with E-state index in [1.54, 1.807) is 7.11 Å². The summed E-state index contributed by atoms with van der Waals surface area (Å²) in [6.45, 7) is 5.25. The third kappa shape index (κ3) is 5.94. The molecule has 1 unspecified atom stereocenters. The Bertz CT molecular complexity index is 160. The summed E-state index contributed by atoms with van der Waals surface area (Å²) in [5.41, 5.74) is 5.32. The number of rotatable bonds is 7. The number of nitrogens with two attached hydrogens (primary N) is 1. The van der Waals surface area contributed by atoms with Gasteiger partial charge in [0.1, 0.15) is 0 Å². The molecule has 0 saturated heterocycles. The molecule has 0 heterocycles. The number of amides is 1. The first kappa shape index (κ1) is 13.4. The number of hydrogen-bond donors (Lipinski definition) is 2. The molecule has 0 saturated carbocycles. The van der Waals surface area contributed by atoms with Crippen LogP contribution in [0, 0.1) is 5.92 Å². The average Bonchev–Trinajstić information content (AvgIpc) is 2.14. The van der Waals surface area contributed by atoms with Crippen LogP contribution in [0.1, 0.15) is 26.7 Å². The molecular weight excluding hydrogens is 180 g/mol. The van der Waals surface area contributed by atoms with Gasteiger partial charge in [-0.25, -0.2) is 0 Å². The standard InChI is InChI=1S/C10H22N2O2/c1-8(2)9(7-14-3)12-10(13)5-4-6-11/h8-9H,4-7,11H2,1-3H3,(H,12,13). The first-order valence-electron chi connectivity index (χ1n) is 5.10. The number of hydrogen-bond acceptors (Lipinski definition) is 3. The predicted octanol–water partition coefficient (Wildman–Crippen LogP) is 0.513. The van der Waals surface area contributed by atoms with Crippen LogP contribution in [0.5, 0.6) is 0 Å². The van der Waals surface area contributed by atoms with Crippen LogP contribution >= 0.6 is 0 Å². The molecule has 0 aliphatic carbocycles. The molecule has 0 aromatic carbocycles. The summed E-state index contributed by atoms with van der Waals surface area (Å²) in [6, 6.07) is 0.102. The maximum absolute atomic E-state index is 11.4. The normalized spacial score (nSPS) is 12.9. The first-order valence-corrected chi connectivity index (χ1v) is 5.10. The third-order valence-electron chi connectivity index (χ3n) is 2.11. The molecule has 84 valence electrons. The van der Waals surface area contributed by atoms with Crippen molar-refractivity contribution in [2.75, 3.05) is 20.3 Å². The minimum absolute atomic E-state index is 0.0613. The van der Waals surface area contributed by atoms with E-state index >= 15 is 0 Å². The lowest BCUT2D eigenvalue weighted by Gasteiger charge is -2.21. The molecule has 4 nitrogen and oxygen atoms in total. The molecular formula is C10H22N2O2. The van der Waals surface area contributed by atoms with Gasteiger partial charge < -0.3 is 15.8 Å². The molecule has 0 aromatic rings. The minimum Gasteiger partial charge on any atom is -0.383 e. The summed E-state index contributed by atoms with van der Waals surface area (Å²) >= 11 is 0. The van der Waals surface area contributed by atoms with Gasteiger partial charge >= 0.3 is 0 Å². The van der Waals surface area contributed by atoms with Gasteiger partial charge in [0.2, 0.25) is 5.91 Å². The van der Waals surface area contributed by atoms with Crippen molar-refractivity contribution in [3.8, 4) is 0 Å². The zero-order chi connectivity index (χ0) is 11.0. The zero-order valence-electron chi connectivity index (χ0n) is 9.38. The molecule has 1 atom stereocenters. The van der Waals surface area contributed by atoms with Crippen molar-refractivity contribution < 1.29 is 9.53 Å². The van der Waals surface area contributed by atoms with Crippen LogP contribution in [0.4, 0.5) is 0 Å². The van der Waals surface area contributed by atoms with E-state index in [9.17, 15) is 4.79 Å². The van der Waals surface area contributed by atoms with Crippen molar-refractivity contribution in [1.29, 1.82) is 0 Å². The maximum atomic E-state index is 11.4. The molecule has 0 spiro atoms. The van der Waals surface area contributed by atoms with Gasteiger partial charge in [0, 0.05) is 13.5 Å². The van der Waals surface area contributed by atoms with E-state index in [1.807, 2.05) is 0 Å². The molecule has 0 aliphatic heterocycles. The Labute approximate surface area is 86.2 Å². The van der Waals surface area contributed by atoms with Crippen molar-refractivity contribution in [3.63, 3.8) is 0 Å². The minimum atomic E-state index is 0.0613. The molecule has 3 N–H and O–H groups in total. The Kier molecular flexibility index (Phi) is 7.42. The van der Waals surface area contributed by atoms with Crippen LogP contribution in [-0.2, 0) is 9.53 Å². The second-order valence-corrected chi connectivity index (χ2v) is 3.77. The van der Waals surface area contributed by atoms with Crippen molar-refractivity contribution in [2.45, 2.75) is 32.7 Å². The predicted molar refractivity (Wildman–Crippen MR) is 56.9 cm³/mol. The maximum Gasteiger partial charge on any atom is 0.220 e. The van der Waals surface area contributed by atoms with Crippen molar-refractivity contribution >= 4 is 5.91 Å². The van der Waals surface area contributed by atoms with Gasteiger partial charge in [-0.05, 0) is 18.9 Å². The van der Waals surface area contributed by atoms with Crippen molar-refractivity contribution in [2.24, 2.45) is 11.7 Å². The smallest absolute Gasteiger partial charge is 0.220 e. The number of methoxy groups -OCH3 is 1. The quantitative estimate of drug-likeness (QED) is 0.632. The molecule has 1 amide bonds. The highest BCUT2D eigenvalue weighted by Crippen LogP contribution is 2.02. The summed E-state index contributed by atoms with van der Waals surface area (Å²) in [5.74, 6) is 0.447. The van der Waals surface area contributed by atoms with Crippen LogP contribution in [0.2, 0.25) is 0 Å². The Morgan fingerprint density at radius 2 is 2.14 bits per heavy atom. The Hall–Kier alpha value is -0.610. The molecule has 0 fully saturated rings. The van der Waals surface area contributed by atoms with Crippen LogP contribution < -0.4 is 11.1 Å². The number of nitrogens with one attached hydrogen (secondary N) is 1. The van der Waals surface area contributed by atoms with Gasteiger partial charge in [0.05, 0.1) is 12.6 Å². The van der Waals surface area contributed by atoms with Gasteiger partial charge in [-0.15, -0.1) is 0 Å². The van der Waals surface area contributed by atoms with Gasteiger partial charge in [-0.1, -0.05) is 13.8 Å². The Morgan fingerprint density at radius 3 is 2.57 bits per heavy atom. The molecule has 0 bridgehead atoms. The fraction of sp³-hybridized carbons (Fsp3) is 0.900. The van der Waals surface area contributed by atoms with Crippen LogP contribution in [0.25, 0.3) is 0 Å². The topological polar surface area (TPSA) is 64.3 Å². The van der Waals surface area contributed by atoms with Gasteiger partial charge in [-0.3, -0.25) is 4.79 Å². The van der Waals surface area contributed by atoms with Crippen molar-refractivity contribution in [1.82, 2.24) is 5.32 Å². The summed E-state index contributed by atoms with van der Waals surface area (Å²) in [4.78, 5) is 11.4. The summed E-state index contributed by atoms with van der Waals surface area (Å²) < 4.78 is 5.03. The van der Waals surface area contributed by atoms with Gasteiger partial charge in [0.25, 0.3) is 0 Å². The highest BCUT2D eigenvalue weighted by molar-refractivity contribution is 5.76. The van der Waals surface area contributed by atoms with Gasteiger partial charge in [0.15, 0.2) is 0 Å². The van der Waals surface area contributed by atoms with Crippen LogP contribution in [-0.4, -0.2) is 32.2 Å². The summed E-state index contributed by atoms with van der Waals surface area (Å²) in [6.07, 6.45) is 1.24. The van der Waals surface area contributed by atoms with E-state index < -0.39 is 0 Å². The molecule has 0 aliphatic rings. The molecule has 0 aromatic heterocycles. The van der Waals surface area contributed by atoms with Crippen LogP contribution in [0.15, 0.2) is 0 Å². The number of ether oxygens (including phenoxy) is 1. The van der Waals surface area contributed by atoms with E-state index in [4.69, 9.17) is 10.5 Å². The number of carbonyl (C=O) groups excluding carboxylic acids is 1. The SMILES string of the molecule is COCC(NC(=O)CCCN)C(C)C. The van der Waals surface area contributed by atoms with Crippen LogP contribution in [0.3, 0.4) is 0 Å². The largest absolute Gasteiger partial charge is 0.383 e. The highest BCUT2D eigenvalue weighted by atomic mass is 16.5. The Balaban J connectivity index is 3.83.